The molecule has 0 aliphatic heterocycles. The Labute approximate surface area is 179 Å². The highest BCUT2D eigenvalue weighted by Crippen LogP contribution is 2.23. The molecular formula is C25H32N2O3. The first-order valence-electron chi connectivity index (χ1n) is 11.0. The lowest BCUT2D eigenvalue weighted by Crippen LogP contribution is -2.36. The minimum Gasteiger partial charge on any atom is -0.484 e. The van der Waals surface area contributed by atoms with Gasteiger partial charge in [0.1, 0.15) is 5.75 Å². The standard InChI is InChI=1S/C25H32N2O3/c1-3-18-9-8-10-19(4-2)24(18)27-23(28)17-30-22-15-13-20(14-16-22)25(29)26-21-11-6-5-7-12-21/h8-10,13-16,21H,3-7,11-12,17H2,1-2H3,(H,26,29)(H,27,28). The molecule has 30 heavy (non-hydrogen) atoms. The lowest BCUT2D eigenvalue weighted by atomic mass is 9.95. The number of aryl methyl sites for hydroxylation is 2. The molecule has 0 heterocycles. The molecule has 1 fully saturated rings. The maximum atomic E-state index is 12.4. The minimum absolute atomic E-state index is 0.0468. The maximum Gasteiger partial charge on any atom is 0.262 e. The van der Waals surface area contributed by atoms with E-state index >= 15 is 0 Å². The van der Waals surface area contributed by atoms with Gasteiger partial charge in [-0.1, -0.05) is 51.3 Å². The number of benzene rings is 2. The Balaban J connectivity index is 1.52. The molecule has 3 rings (SSSR count). The van der Waals surface area contributed by atoms with Crippen molar-refractivity contribution in [1.82, 2.24) is 5.32 Å². The van der Waals surface area contributed by atoms with Gasteiger partial charge in [-0.2, -0.15) is 0 Å². The molecule has 1 aliphatic rings. The number of hydrogen-bond donors (Lipinski definition) is 2. The molecule has 2 amide bonds. The number of hydrogen-bond acceptors (Lipinski definition) is 3. The number of para-hydroxylation sites is 1. The molecule has 0 bridgehead atoms. The summed E-state index contributed by atoms with van der Waals surface area (Å²) in [5.41, 5.74) is 3.75. The van der Waals surface area contributed by atoms with Crippen LogP contribution < -0.4 is 15.4 Å². The number of carbonyl (C=O) groups is 2. The fourth-order valence-corrected chi connectivity index (χ4v) is 3.95. The SMILES string of the molecule is CCc1cccc(CC)c1NC(=O)COc1ccc(C(=O)NC2CCCCC2)cc1. The summed E-state index contributed by atoms with van der Waals surface area (Å²) in [4.78, 5) is 24.8. The van der Waals surface area contributed by atoms with Crippen LogP contribution in [-0.2, 0) is 17.6 Å². The Morgan fingerprint density at radius 1 is 0.933 bits per heavy atom. The van der Waals surface area contributed by atoms with Crippen LogP contribution in [0.1, 0.15) is 67.4 Å². The van der Waals surface area contributed by atoms with E-state index in [1.807, 2.05) is 18.2 Å². The van der Waals surface area contributed by atoms with Gasteiger partial charge >= 0.3 is 0 Å². The van der Waals surface area contributed by atoms with Gasteiger partial charge in [0, 0.05) is 17.3 Å². The van der Waals surface area contributed by atoms with Gasteiger partial charge in [0.15, 0.2) is 6.61 Å². The zero-order chi connectivity index (χ0) is 21.3. The van der Waals surface area contributed by atoms with E-state index in [0.717, 1.165) is 42.5 Å². The van der Waals surface area contributed by atoms with Crippen LogP contribution in [0.2, 0.25) is 0 Å². The molecular weight excluding hydrogens is 376 g/mol. The Bertz CT molecular complexity index is 833. The number of rotatable bonds is 8. The van der Waals surface area contributed by atoms with E-state index in [-0.39, 0.29) is 24.5 Å². The maximum absolute atomic E-state index is 12.4. The van der Waals surface area contributed by atoms with E-state index in [0.29, 0.717) is 11.3 Å². The van der Waals surface area contributed by atoms with E-state index < -0.39 is 0 Å². The second-order valence-corrected chi connectivity index (χ2v) is 7.83. The normalized spacial score (nSPS) is 14.2. The molecule has 2 aromatic rings. The van der Waals surface area contributed by atoms with Crippen molar-refractivity contribution in [2.45, 2.75) is 64.8 Å². The quantitative estimate of drug-likeness (QED) is 0.653. The zero-order valence-corrected chi connectivity index (χ0v) is 18.0. The molecule has 0 atom stereocenters. The molecule has 1 saturated carbocycles. The van der Waals surface area contributed by atoms with E-state index in [9.17, 15) is 9.59 Å². The van der Waals surface area contributed by atoms with Crippen molar-refractivity contribution in [3.05, 3.63) is 59.2 Å². The predicted octanol–water partition coefficient (Wildman–Crippen LogP) is 4.89. The van der Waals surface area contributed by atoms with Crippen molar-refractivity contribution in [2.75, 3.05) is 11.9 Å². The lowest BCUT2D eigenvalue weighted by Gasteiger charge is -2.22. The molecule has 160 valence electrons. The number of anilines is 1. The number of ether oxygens (including phenoxy) is 1. The van der Waals surface area contributed by atoms with Crippen molar-refractivity contribution < 1.29 is 14.3 Å². The second-order valence-electron chi connectivity index (χ2n) is 7.83. The summed E-state index contributed by atoms with van der Waals surface area (Å²) in [5, 5.41) is 6.11. The van der Waals surface area contributed by atoms with E-state index in [1.165, 1.54) is 19.3 Å². The van der Waals surface area contributed by atoms with Crippen molar-refractivity contribution in [2.24, 2.45) is 0 Å². The predicted molar refractivity (Wildman–Crippen MR) is 120 cm³/mol. The van der Waals surface area contributed by atoms with Gasteiger partial charge < -0.3 is 15.4 Å². The Hall–Kier alpha value is -2.82. The number of carbonyl (C=O) groups excluding carboxylic acids is 2. The third kappa shape index (κ3) is 5.85. The van der Waals surface area contributed by atoms with Crippen LogP contribution in [0.25, 0.3) is 0 Å². The Kier molecular flexibility index (Phi) is 7.89. The summed E-state index contributed by atoms with van der Waals surface area (Å²) >= 11 is 0. The average Bonchev–Trinajstić information content (AvgIpc) is 2.78. The summed E-state index contributed by atoms with van der Waals surface area (Å²) in [7, 11) is 0. The summed E-state index contributed by atoms with van der Waals surface area (Å²) in [5.74, 6) is 0.332. The number of amides is 2. The first kappa shape index (κ1) is 21.9. The van der Waals surface area contributed by atoms with E-state index in [4.69, 9.17) is 4.74 Å². The monoisotopic (exact) mass is 408 g/mol. The van der Waals surface area contributed by atoms with Gasteiger partial charge in [-0.25, -0.2) is 0 Å². The molecule has 0 radical (unpaired) electrons. The van der Waals surface area contributed by atoms with E-state index in [1.54, 1.807) is 24.3 Å². The van der Waals surface area contributed by atoms with Crippen molar-refractivity contribution in [3.63, 3.8) is 0 Å². The summed E-state index contributed by atoms with van der Waals surface area (Å²) in [6.07, 6.45) is 7.45. The van der Waals surface area contributed by atoms with Crippen LogP contribution in [0.3, 0.4) is 0 Å². The molecule has 2 aromatic carbocycles. The van der Waals surface area contributed by atoms with Gasteiger partial charge in [-0.05, 0) is 61.1 Å². The minimum atomic E-state index is -0.190. The highest BCUT2D eigenvalue weighted by molar-refractivity contribution is 5.95. The van der Waals surface area contributed by atoms with Crippen LogP contribution >= 0.6 is 0 Å². The zero-order valence-electron chi connectivity index (χ0n) is 18.0. The van der Waals surface area contributed by atoms with Gasteiger partial charge in [-0.15, -0.1) is 0 Å². The van der Waals surface area contributed by atoms with Crippen LogP contribution in [0, 0.1) is 0 Å². The third-order valence-corrected chi connectivity index (χ3v) is 5.69. The molecule has 0 saturated heterocycles. The van der Waals surface area contributed by atoms with Crippen LogP contribution in [0.5, 0.6) is 5.75 Å². The smallest absolute Gasteiger partial charge is 0.262 e. The van der Waals surface area contributed by atoms with Gasteiger partial charge in [0.05, 0.1) is 0 Å². The van der Waals surface area contributed by atoms with Gasteiger partial charge in [0.25, 0.3) is 11.8 Å². The lowest BCUT2D eigenvalue weighted by molar-refractivity contribution is -0.118. The first-order chi connectivity index (χ1) is 14.6. The largest absolute Gasteiger partial charge is 0.484 e. The Morgan fingerprint density at radius 2 is 1.57 bits per heavy atom. The van der Waals surface area contributed by atoms with Crippen LogP contribution in [0.4, 0.5) is 5.69 Å². The second kappa shape index (κ2) is 10.8. The fourth-order valence-electron chi connectivity index (χ4n) is 3.95. The molecule has 0 unspecified atom stereocenters. The fraction of sp³-hybridized carbons (Fsp3) is 0.440. The van der Waals surface area contributed by atoms with Gasteiger partial charge in [0.2, 0.25) is 0 Å². The average molecular weight is 409 g/mol. The highest BCUT2D eigenvalue weighted by Gasteiger charge is 2.17. The topological polar surface area (TPSA) is 67.4 Å². The Morgan fingerprint density at radius 3 is 2.17 bits per heavy atom. The summed E-state index contributed by atoms with van der Waals surface area (Å²) in [6, 6.07) is 13.3. The van der Waals surface area contributed by atoms with Crippen molar-refractivity contribution >= 4 is 17.5 Å². The summed E-state index contributed by atoms with van der Waals surface area (Å²) < 4.78 is 5.63. The molecule has 0 aromatic heterocycles. The molecule has 1 aliphatic carbocycles. The van der Waals surface area contributed by atoms with Gasteiger partial charge in [-0.3, -0.25) is 9.59 Å². The molecule has 2 N–H and O–H groups in total. The third-order valence-electron chi connectivity index (χ3n) is 5.69. The molecule has 5 nitrogen and oxygen atoms in total. The molecule has 5 heteroatoms. The van der Waals surface area contributed by atoms with Crippen LogP contribution in [-0.4, -0.2) is 24.5 Å². The summed E-state index contributed by atoms with van der Waals surface area (Å²) in [6.45, 7) is 4.08. The molecule has 0 spiro atoms. The highest BCUT2D eigenvalue weighted by atomic mass is 16.5. The van der Waals surface area contributed by atoms with E-state index in [2.05, 4.69) is 24.5 Å². The van der Waals surface area contributed by atoms with Crippen molar-refractivity contribution in [3.8, 4) is 5.75 Å². The number of nitrogens with one attached hydrogen (secondary N) is 2. The first-order valence-corrected chi connectivity index (χ1v) is 11.0. The van der Waals surface area contributed by atoms with Crippen LogP contribution in [0.15, 0.2) is 42.5 Å². The van der Waals surface area contributed by atoms with Crippen molar-refractivity contribution in [1.29, 1.82) is 0 Å².